The molecule has 0 spiro atoms. The van der Waals surface area contributed by atoms with Gasteiger partial charge in [0.1, 0.15) is 0 Å². The number of aryl methyl sites for hydroxylation is 1. The minimum absolute atomic E-state index is 0.230. The molecule has 0 radical (unpaired) electrons. The Kier molecular flexibility index (Phi) is 5.22. The van der Waals surface area contributed by atoms with Crippen molar-refractivity contribution < 1.29 is 9.53 Å². The number of nitrogens with zero attached hydrogens (tertiary/aromatic N) is 1. The quantitative estimate of drug-likeness (QED) is 0.479. The number of carbonyl (C=O) groups is 1. The average molecular weight is 238 g/mol. The molecule has 4 N–H and O–H groups in total. The maximum absolute atomic E-state index is 11.6. The van der Waals surface area contributed by atoms with E-state index in [4.69, 9.17) is 10.5 Å². The molecule has 0 atom stereocenters. The topological polar surface area (TPSA) is 93.0 Å². The van der Waals surface area contributed by atoms with Gasteiger partial charge in [-0.05, 0) is 13.3 Å². The molecule has 17 heavy (non-hydrogen) atoms. The first-order chi connectivity index (χ1) is 8.16. The fourth-order valence-electron chi connectivity index (χ4n) is 1.20. The Bertz CT molecular complexity index is 387. The van der Waals surface area contributed by atoms with Crippen molar-refractivity contribution in [2.24, 2.45) is 0 Å². The molecule has 0 fully saturated rings. The summed E-state index contributed by atoms with van der Waals surface area (Å²) in [5.74, 6) is -0.292. The predicted molar refractivity (Wildman–Crippen MR) is 65.7 cm³/mol. The number of carbonyl (C=O) groups excluding carboxylic acids is 1. The van der Waals surface area contributed by atoms with Crippen molar-refractivity contribution in [3.8, 4) is 0 Å². The van der Waals surface area contributed by atoms with Crippen LogP contribution in [0.3, 0.4) is 0 Å². The average Bonchev–Trinajstić information content (AvgIpc) is 2.64. The van der Waals surface area contributed by atoms with Crippen molar-refractivity contribution in [1.82, 2.24) is 15.5 Å². The number of aromatic nitrogens is 2. The first-order valence-electron chi connectivity index (χ1n) is 5.44. The van der Waals surface area contributed by atoms with E-state index in [9.17, 15) is 4.79 Å². The molecule has 0 unspecified atom stereocenters. The van der Waals surface area contributed by atoms with Crippen molar-refractivity contribution in [3.63, 3.8) is 0 Å². The van der Waals surface area contributed by atoms with Crippen LogP contribution in [-0.4, -0.2) is 35.9 Å². The second-order valence-corrected chi connectivity index (χ2v) is 3.56. The van der Waals surface area contributed by atoms with Gasteiger partial charge in [-0.3, -0.25) is 9.89 Å². The van der Waals surface area contributed by atoms with Gasteiger partial charge in [0.2, 0.25) is 0 Å². The highest BCUT2D eigenvalue weighted by Crippen LogP contribution is 2.11. The SMILES string of the molecule is C=CCCOCCNC(=O)c1n[nH]c(C)c1N. The lowest BCUT2D eigenvalue weighted by Gasteiger charge is -2.04. The highest BCUT2D eigenvalue weighted by atomic mass is 16.5. The molecule has 0 aromatic carbocycles. The van der Waals surface area contributed by atoms with Crippen molar-refractivity contribution in [2.75, 3.05) is 25.5 Å². The maximum Gasteiger partial charge on any atom is 0.274 e. The molecular formula is C11H18N4O2. The monoisotopic (exact) mass is 238 g/mol. The van der Waals surface area contributed by atoms with Gasteiger partial charge < -0.3 is 15.8 Å². The number of ether oxygens (including phenoxy) is 1. The van der Waals surface area contributed by atoms with Gasteiger partial charge in [-0.1, -0.05) is 6.08 Å². The Morgan fingerprint density at radius 2 is 2.41 bits per heavy atom. The molecule has 0 saturated heterocycles. The summed E-state index contributed by atoms with van der Waals surface area (Å²) >= 11 is 0. The third kappa shape index (κ3) is 3.92. The van der Waals surface area contributed by atoms with Crippen LogP contribution < -0.4 is 11.1 Å². The lowest BCUT2D eigenvalue weighted by Crippen LogP contribution is -2.28. The lowest BCUT2D eigenvalue weighted by atomic mass is 10.3. The van der Waals surface area contributed by atoms with Crippen molar-refractivity contribution in [3.05, 3.63) is 24.0 Å². The van der Waals surface area contributed by atoms with E-state index in [1.807, 2.05) is 0 Å². The van der Waals surface area contributed by atoms with Gasteiger partial charge in [0.15, 0.2) is 5.69 Å². The van der Waals surface area contributed by atoms with Gasteiger partial charge in [0, 0.05) is 6.54 Å². The number of nitrogen functional groups attached to an aromatic ring is 1. The largest absolute Gasteiger partial charge is 0.395 e. The van der Waals surface area contributed by atoms with Crippen LogP contribution in [0.1, 0.15) is 22.6 Å². The zero-order valence-corrected chi connectivity index (χ0v) is 9.95. The molecule has 1 heterocycles. The van der Waals surface area contributed by atoms with Crippen LogP contribution in [-0.2, 0) is 4.74 Å². The summed E-state index contributed by atoms with van der Waals surface area (Å²) in [6.45, 7) is 6.85. The molecule has 1 amide bonds. The summed E-state index contributed by atoms with van der Waals surface area (Å²) in [4.78, 5) is 11.6. The molecule has 0 saturated carbocycles. The van der Waals surface area contributed by atoms with E-state index in [1.165, 1.54) is 0 Å². The zero-order chi connectivity index (χ0) is 12.7. The molecular weight excluding hydrogens is 220 g/mol. The zero-order valence-electron chi connectivity index (χ0n) is 9.95. The van der Waals surface area contributed by atoms with Gasteiger partial charge in [0.05, 0.1) is 24.6 Å². The van der Waals surface area contributed by atoms with E-state index < -0.39 is 0 Å². The number of nitrogens with one attached hydrogen (secondary N) is 2. The number of hydrogen-bond acceptors (Lipinski definition) is 4. The summed E-state index contributed by atoms with van der Waals surface area (Å²) < 4.78 is 5.25. The Hall–Kier alpha value is -1.82. The number of aromatic amines is 1. The summed E-state index contributed by atoms with van der Waals surface area (Å²) in [7, 11) is 0. The van der Waals surface area contributed by atoms with Crippen LogP contribution in [0.15, 0.2) is 12.7 Å². The molecule has 0 aliphatic heterocycles. The molecule has 1 aromatic rings. The number of anilines is 1. The number of rotatable bonds is 7. The third-order valence-corrected chi connectivity index (χ3v) is 2.21. The smallest absolute Gasteiger partial charge is 0.274 e. The van der Waals surface area contributed by atoms with Gasteiger partial charge in [-0.2, -0.15) is 5.10 Å². The van der Waals surface area contributed by atoms with E-state index in [2.05, 4.69) is 22.1 Å². The first kappa shape index (κ1) is 13.2. The van der Waals surface area contributed by atoms with E-state index in [1.54, 1.807) is 13.0 Å². The Morgan fingerprint density at radius 3 is 3.00 bits per heavy atom. The molecule has 0 aliphatic carbocycles. The highest BCUT2D eigenvalue weighted by molar-refractivity contribution is 5.97. The van der Waals surface area contributed by atoms with Gasteiger partial charge in [-0.25, -0.2) is 0 Å². The minimum atomic E-state index is -0.292. The first-order valence-corrected chi connectivity index (χ1v) is 5.44. The van der Waals surface area contributed by atoms with E-state index in [0.717, 1.165) is 6.42 Å². The van der Waals surface area contributed by atoms with Crippen molar-refractivity contribution >= 4 is 11.6 Å². The number of nitrogens with two attached hydrogens (primary N) is 1. The highest BCUT2D eigenvalue weighted by Gasteiger charge is 2.14. The number of H-pyrrole nitrogens is 1. The van der Waals surface area contributed by atoms with Gasteiger partial charge in [0.25, 0.3) is 5.91 Å². The fourth-order valence-corrected chi connectivity index (χ4v) is 1.20. The Labute approximate surface area is 100 Å². The number of amides is 1. The lowest BCUT2D eigenvalue weighted by molar-refractivity contribution is 0.0914. The van der Waals surface area contributed by atoms with Crippen molar-refractivity contribution in [2.45, 2.75) is 13.3 Å². The molecule has 6 nitrogen and oxygen atoms in total. The molecule has 1 aromatic heterocycles. The third-order valence-electron chi connectivity index (χ3n) is 2.21. The van der Waals surface area contributed by atoms with Crippen LogP contribution in [0.5, 0.6) is 0 Å². The van der Waals surface area contributed by atoms with E-state index >= 15 is 0 Å². The summed E-state index contributed by atoms with van der Waals surface area (Å²) in [6, 6.07) is 0. The Balaban J connectivity index is 2.26. The summed E-state index contributed by atoms with van der Waals surface area (Å²) in [5.41, 5.74) is 6.98. The van der Waals surface area contributed by atoms with Gasteiger partial charge >= 0.3 is 0 Å². The van der Waals surface area contributed by atoms with Crippen LogP contribution in [0, 0.1) is 6.92 Å². The standard InChI is InChI=1S/C11H18N4O2/c1-3-4-6-17-7-5-13-11(16)10-9(12)8(2)14-15-10/h3H,1,4-7,12H2,2H3,(H,13,16)(H,14,15). The maximum atomic E-state index is 11.6. The number of hydrogen-bond donors (Lipinski definition) is 3. The van der Waals surface area contributed by atoms with Crippen molar-refractivity contribution in [1.29, 1.82) is 0 Å². The molecule has 1 rings (SSSR count). The minimum Gasteiger partial charge on any atom is -0.395 e. The normalized spacial score (nSPS) is 10.2. The second-order valence-electron chi connectivity index (χ2n) is 3.56. The predicted octanol–water partition coefficient (Wildman–Crippen LogP) is 0.623. The molecule has 94 valence electrons. The van der Waals surface area contributed by atoms with Crippen LogP contribution in [0.2, 0.25) is 0 Å². The Morgan fingerprint density at radius 1 is 1.65 bits per heavy atom. The van der Waals surface area contributed by atoms with E-state index in [-0.39, 0.29) is 11.6 Å². The van der Waals surface area contributed by atoms with Crippen LogP contribution in [0.4, 0.5) is 5.69 Å². The fraction of sp³-hybridized carbons (Fsp3) is 0.455. The molecule has 0 bridgehead atoms. The molecule has 0 aliphatic rings. The van der Waals surface area contributed by atoms with Crippen LogP contribution >= 0.6 is 0 Å². The van der Waals surface area contributed by atoms with Gasteiger partial charge in [-0.15, -0.1) is 6.58 Å². The summed E-state index contributed by atoms with van der Waals surface area (Å²) in [6.07, 6.45) is 2.59. The second kappa shape index (κ2) is 6.70. The van der Waals surface area contributed by atoms with Crippen LogP contribution in [0.25, 0.3) is 0 Å². The molecule has 6 heteroatoms. The van der Waals surface area contributed by atoms with E-state index in [0.29, 0.717) is 31.1 Å². The summed E-state index contributed by atoms with van der Waals surface area (Å²) in [5, 5.41) is 9.16.